The number of aryl methyl sites for hydroxylation is 1. The largest absolute Gasteiger partial charge is 0.495 e. The Morgan fingerprint density at radius 2 is 1.73 bits per heavy atom. The van der Waals surface area contributed by atoms with Crippen molar-refractivity contribution in [2.24, 2.45) is 0 Å². The van der Waals surface area contributed by atoms with Crippen LogP contribution in [0.25, 0.3) is 27.8 Å². The highest BCUT2D eigenvalue weighted by atomic mass is 35.5. The molecule has 0 aliphatic rings. The number of methoxy groups -OCH3 is 1. The fourth-order valence-corrected chi connectivity index (χ4v) is 4.23. The second-order valence-electron chi connectivity index (χ2n) is 7.61. The molecule has 164 valence electrons. The molecule has 5 aromatic rings. The molecule has 0 radical (unpaired) electrons. The number of halogens is 2. The molecule has 3 aromatic carbocycles. The third-order valence-corrected chi connectivity index (χ3v) is 6.22. The summed E-state index contributed by atoms with van der Waals surface area (Å²) in [6.45, 7) is 1.99. The van der Waals surface area contributed by atoms with Gasteiger partial charge in [-0.25, -0.2) is 9.97 Å². The molecule has 0 aliphatic heterocycles. The summed E-state index contributed by atoms with van der Waals surface area (Å²) in [5.74, 6) is 1.29. The predicted octanol–water partition coefficient (Wildman–Crippen LogP) is 7.45. The van der Waals surface area contributed by atoms with Gasteiger partial charge in [-0.3, -0.25) is 0 Å². The molecule has 0 atom stereocenters. The van der Waals surface area contributed by atoms with Crippen molar-refractivity contribution >= 4 is 45.7 Å². The lowest BCUT2D eigenvalue weighted by Gasteiger charge is -2.11. The van der Waals surface area contributed by atoms with Gasteiger partial charge in [-0.05, 0) is 48.4 Å². The Morgan fingerprint density at radius 3 is 2.45 bits per heavy atom. The minimum absolute atomic E-state index is 0.517. The average Bonchev–Trinajstić information content (AvgIpc) is 3.22. The summed E-state index contributed by atoms with van der Waals surface area (Å²) >= 11 is 12.8. The lowest BCUT2D eigenvalue weighted by Crippen LogP contribution is -1.98. The van der Waals surface area contributed by atoms with Gasteiger partial charge in [0.2, 0.25) is 0 Å². The molecular weight excluding hydrogens is 455 g/mol. The van der Waals surface area contributed by atoms with Gasteiger partial charge in [0, 0.05) is 28.2 Å². The first-order chi connectivity index (χ1) is 16.0. The molecule has 0 amide bonds. The minimum atomic E-state index is 0.517. The first-order valence-corrected chi connectivity index (χ1v) is 11.1. The zero-order valence-electron chi connectivity index (χ0n) is 18.0. The molecule has 5 nitrogen and oxygen atoms in total. The summed E-state index contributed by atoms with van der Waals surface area (Å²) in [4.78, 5) is 9.19. The van der Waals surface area contributed by atoms with Crippen molar-refractivity contribution in [1.29, 1.82) is 0 Å². The van der Waals surface area contributed by atoms with E-state index in [2.05, 4.69) is 33.6 Å². The van der Waals surface area contributed by atoms with Crippen LogP contribution in [0.1, 0.15) is 5.56 Å². The van der Waals surface area contributed by atoms with Gasteiger partial charge in [0.05, 0.1) is 17.5 Å². The summed E-state index contributed by atoms with van der Waals surface area (Å²) in [5, 5.41) is 5.52. The van der Waals surface area contributed by atoms with E-state index in [0.29, 0.717) is 21.6 Å². The van der Waals surface area contributed by atoms with Gasteiger partial charge in [0.25, 0.3) is 0 Å². The molecule has 33 heavy (non-hydrogen) atoms. The van der Waals surface area contributed by atoms with Crippen LogP contribution in [0, 0.1) is 6.92 Å². The number of hydrogen-bond acceptors (Lipinski definition) is 4. The Hall–Kier alpha value is -3.54. The number of nitrogens with one attached hydrogen (secondary N) is 1. The third-order valence-electron chi connectivity index (χ3n) is 5.52. The summed E-state index contributed by atoms with van der Waals surface area (Å²) < 4.78 is 7.31. The van der Waals surface area contributed by atoms with Crippen LogP contribution in [-0.4, -0.2) is 21.6 Å². The number of aromatic nitrogens is 3. The molecular formula is C26H20Cl2N4O. The van der Waals surface area contributed by atoms with Gasteiger partial charge >= 0.3 is 0 Å². The fraction of sp³-hybridized carbons (Fsp3) is 0.0769. The Morgan fingerprint density at radius 1 is 0.909 bits per heavy atom. The molecule has 0 fully saturated rings. The quantitative estimate of drug-likeness (QED) is 0.287. The van der Waals surface area contributed by atoms with E-state index in [1.807, 2.05) is 66.1 Å². The van der Waals surface area contributed by atoms with E-state index in [1.54, 1.807) is 13.4 Å². The molecule has 7 heteroatoms. The SMILES string of the molecule is COc1ccc(Nc2ncnc3c2c(-c2ccccc2)cn3-c2ccc(C)c(Cl)c2)cc1Cl. The van der Waals surface area contributed by atoms with Crippen molar-refractivity contribution in [2.45, 2.75) is 6.92 Å². The standard InChI is InChI=1S/C26H20Cl2N4O/c1-16-8-10-19(13-21(16)27)32-14-20(17-6-4-3-5-7-17)24-25(29-15-30-26(24)32)31-18-9-11-23(33-2)22(28)12-18/h3-15H,1-2H3,(H,29,30,31). The molecule has 0 bridgehead atoms. The fourth-order valence-electron chi connectivity index (χ4n) is 3.80. The topological polar surface area (TPSA) is 52.0 Å². The van der Waals surface area contributed by atoms with Crippen LogP contribution < -0.4 is 10.1 Å². The number of ether oxygens (including phenoxy) is 1. The molecule has 1 N–H and O–H groups in total. The Labute approximate surface area is 201 Å². The summed E-state index contributed by atoms with van der Waals surface area (Å²) in [7, 11) is 1.59. The highest BCUT2D eigenvalue weighted by molar-refractivity contribution is 6.32. The monoisotopic (exact) mass is 474 g/mol. The lowest BCUT2D eigenvalue weighted by atomic mass is 10.1. The van der Waals surface area contributed by atoms with Crippen LogP contribution in [-0.2, 0) is 0 Å². The molecule has 0 aliphatic carbocycles. The van der Waals surface area contributed by atoms with E-state index in [9.17, 15) is 0 Å². The predicted molar refractivity (Wildman–Crippen MR) is 135 cm³/mol. The Kier molecular flexibility index (Phi) is 5.67. The molecule has 0 spiro atoms. The van der Waals surface area contributed by atoms with E-state index in [1.165, 1.54) is 0 Å². The highest BCUT2D eigenvalue weighted by Gasteiger charge is 2.18. The van der Waals surface area contributed by atoms with Crippen molar-refractivity contribution in [3.8, 4) is 22.6 Å². The van der Waals surface area contributed by atoms with Gasteiger partial charge in [0.15, 0.2) is 5.65 Å². The summed E-state index contributed by atoms with van der Waals surface area (Å²) in [6.07, 6.45) is 3.62. The van der Waals surface area contributed by atoms with E-state index in [4.69, 9.17) is 27.9 Å². The van der Waals surface area contributed by atoms with Crippen molar-refractivity contribution in [3.05, 3.63) is 94.9 Å². The minimum Gasteiger partial charge on any atom is -0.495 e. The highest BCUT2D eigenvalue weighted by Crippen LogP contribution is 2.37. The number of anilines is 2. The number of hydrogen-bond donors (Lipinski definition) is 1. The van der Waals surface area contributed by atoms with Crippen LogP contribution in [0.4, 0.5) is 11.5 Å². The molecule has 2 heterocycles. The normalized spacial score (nSPS) is 11.0. The average molecular weight is 475 g/mol. The summed E-state index contributed by atoms with van der Waals surface area (Å²) in [5.41, 5.74) is 5.58. The van der Waals surface area contributed by atoms with Gasteiger partial charge in [-0.1, -0.05) is 59.6 Å². The van der Waals surface area contributed by atoms with Crippen molar-refractivity contribution in [2.75, 3.05) is 12.4 Å². The first-order valence-electron chi connectivity index (χ1n) is 10.3. The Balaban J connectivity index is 1.71. The maximum atomic E-state index is 6.44. The molecule has 0 unspecified atom stereocenters. The second-order valence-corrected chi connectivity index (χ2v) is 8.42. The maximum Gasteiger partial charge on any atom is 0.150 e. The van der Waals surface area contributed by atoms with Crippen molar-refractivity contribution in [1.82, 2.24) is 14.5 Å². The van der Waals surface area contributed by atoms with Crippen LogP contribution in [0.2, 0.25) is 10.0 Å². The maximum absolute atomic E-state index is 6.44. The first kappa shape index (κ1) is 21.3. The van der Waals surface area contributed by atoms with Crippen LogP contribution in [0.15, 0.2) is 79.3 Å². The van der Waals surface area contributed by atoms with Crippen LogP contribution in [0.5, 0.6) is 5.75 Å². The van der Waals surface area contributed by atoms with Crippen LogP contribution in [0.3, 0.4) is 0 Å². The van der Waals surface area contributed by atoms with Crippen LogP contribution >= 0.6 is 23.2 Å². The molecule has 0 saturated carbocycles. The van der Waals surface area contributed by atoms with Crippen molar-refractivity contribution < 1.29 is 4.74 Å². The van der Waals surface area contributed by atoms with Gasteiger partial charge in [-0.2, -0.15) is 0 Å². The van der Waals surface area contributed by atoms with Gasteiger partial charge in [0.1, 0.15) is 17.9 Å². The number of benzene rings is 3. The van der Waals surface area contributed by atoms with E-state index in [-0.39, 0.29) is 0 Å². The smallest absolute Gasteiger partial charge is 0.150 e. The van der Waals surface area contributed by atoms with E-state index < -0.39 is 0 Å². The zero-order chi connectivity index (χ0) is 22.9. The zero-order valence-corrected chi connectivity index (χ0v) is 19.5. The lowest BCUT2D eigenvalue weighted by molar-refractivity contribution is 0.415. The molecule has 0 saturated heterocycles. The third kappa shape index (κ3) is 4.01. The van der Waals surface area contributed by atoms with Gasteiger partial charge in [-0.15, -0.1) is 0 Å². The summed E-state index contributed by atoms with van der Waals surface area (Å²) in [6, 6.07) is 21.7. The second kappa shape index (κ2) is 8.77. The molecule has 5 rings (SSSR count). The number of rotatable bonds is 5. The number of fused-ring (bicyclic) bond motifs is 1. The van der Waals surface area contributed by atoms with E-state index >= 15 is 0 Å². The van der Waals surface area contributed by atoms with Gasteiger partial charge < -0.3 is 14.6 Å². The number of nitrogens with zero attached hydrogens (tertiary/aromatic N) is 3. The Bertz CT molecular complexity index is 1460. The molecule has 2 aromatic heterocycles. The van der Waals surface area contributed by atoms with E-state index in [0.717, 1.165) is 39.1 Å². The van der Waals surface area contributed by atoms with Crippen molar-refractivity contribution in [3.63, 3.8) is 0 Å².